The second-order valence-corrected chi connectivity index (χ2v) is 9.39. The SMILES string of the molecule is CCS(=O)(=O)c1ccc(-n2cnc(Br)n2)nc1-c1nc2cc(C(F)(F)F)cnc2n1C. The maximum Gasteiger partial charge on any atom is 0.417 e. The summed E-state index contributed by atoms with van der Waals surface area (Å²) in [5.74, 6) is 0.102. The van der Waals surface area contributed by atoms with E-state index in [1.807, 2.05) is 0 Å². The summed E-state index contributed by atoms with van der Waals surface area (Å²) in [4.78, 5) is 16.3. The number of aromatic nitrogens is 7. The number of halogens is 4. The third-order valence-corrected chi connectivity index (χ3v) is 6.63. The second-order valence-electron chi connectivity index (χ2n) is 6.44. The number of hydrogen-bond acceptors (Lipinski definition) is 7. The molecule has 0 aliphatic rings. The van der Waals surface area contributed by atoms with Crippen molar-refractivity contribution in [2.75, 3.05) is 5.75 Å². The third kappa shape index (κ3) is 3.80. The number of fused-ring (bicyclic) bond motifs is 1. The molecule has 0 saturated carbocycles. The van der Waals surface area contributed by atoms with E-state index < -0.39 is 21.6 Å². The molecule has 0 aliphatic carbocycles. The van der Waals surface area contributed by atoms with E-state index in [9.17, 15) is 21.6 Å². The first-order valence-corrected chi connectivity index (χ1v) is 11.2. The molecule has 0 aliphatic heterocycles. The van der Waals surface area contributed by atoms with Crippen molar-refractivity contribution in [3.8, 4) is 17.3 Å². The summed E-state index contributed by atoms with van der Waals surface area (Å²) in [5, 5.41) is 4.08. The van der Waals surface area contributed by atoms with Crippen molar-refractivity contribution >= 4 is 36.9 Å². The molecule has 0 atom stereocenters. The summed E-state index contributed by atoms with van der Waals surface area (Å²) in [7, 11) is -2.21. The average molecular weight is 516 g/mol. The van der Waals surface area contributed by atoms with Crippen LogP contribution in [0.2, 0.25) is 0 Å². The monoisotopic (exact) mass is 515 g/mol. The number of nitrogens with zero attached hydrogens (tertiary/aromatic N) is 7. The van der Waals surface area contributed by atoms with Crippen LogP contribution in [0, 0.1) is 0 Å². The van der Waals surface area contributed by atoms with Crippen LogP contribution in [0.25, 0.3) is 28.5 Å². The summed E-state index contributed by atoms with van der Waals surface area (Å²) < 4.78 is 67.6. The van der Waals surface area contributed by atoms with E-state index in [-0.39, 0.29) is 39.1 Å². The minimum absolute atomic E-state index is 0.0277. The predicted octanol–water partition coefficient (Wildman–Crippen LogP) is 3.19. The first-order valence-electron chi connectivity index (χ1n) is 8.72. The summed E-state index contributed by atoms with van der Waals surface area (Å²) in [6.45, 7) is 1.48. The van der Waals surface area contributed by atoms with Gasteiger partial charge in [0.2, 0.25) is 4.73 Å². The molecule has 0 saturated heterocycles. The number of alkyl halides is 3. The first kappa shape index (κ1) is 21.4. The Hall–Kier alpha value is -2.87. The van der Waals surface area contributed by atoms with Gasteiger partial charge in [-0.25, -0.2) is 33.0 Å². The standard InChI is InChI=1S/C17H13BrF3N7O2S/c1-3-31(29,30)11-4-5-12(28-8-23-16(18)26-28)25-13(11)15-24-10-6-9(17(19,20)21)7-22-14(10)27(15)2/h4-8H,3H2,1-2H3. The van der Waals surface area contributed by atoms with Crippen LogP contribution in [0.15, 0.2) is 40.4 Å². The number of hydrogen-bond donors (Lipinski definition) is 0. The number of aryl methyl sites for hydroxylation is 1. The fraction of sp³-hybridized carbons (Fsp3) is 0.235. The molecule has 4 aromatic rings. The van der Waals surface area contributed by atoms with Crippen molar-refractivity contribution in [2.45, 2.75) is 18.0 Å². The molecule has 162 valence electrons. The zero-order valence-corrected chi connectivity index (χ0v) is 18.4. The highest BCUT2D eigenvalue weighted by molar-refractivity contribution is 9.10. The smallest absolute Gasteiger partial charge is 0.310 e. The van der Waals surface area contributed by atoms with E-state index in [2.05, 4.69) is 41.0 Å². The highest BCUT2D eigenvalue weighted by atomic mass is 79.9. The van der Waals surface area contributed by atoms with Gasteiger partial charge in [0.25, 0.3) is 0 Å². The summed E-state index contributed by atoms with van der Waals surface area (Å²) in [6, 6.07) is 3.67. The van der Waals surface area contributed by atoms with Gasteiger partial charge in [0.1, 0.15) is 17.5 Å². The molecule has 4 heterocycles. The maximum atomic E-state index is 13.1. The van der Waals surface area contributed by atoms with Crippen LogP contribution in [0.5, 0.6) is 0 Å². The van der Waals surface area contributed by atoms with Gasteiger partial charge in [0.15, 0.2) is 27.1 Å². The van der Waals surface area contributed by atoms with E-state index in [4.69, 9.17) is 0 Å². The highest BCUT2D eigenvalue weighted by Gasteiger charge is 2.32. The largest absolute Gasteiger partial charge is 0.417 e. The van der Waals surface area contributed by atoms with Gasteiger partial charge in [0, 0.05) is 13.2 Å². The Bertz CT molecular complexity index is 1410. The average Bonchev–Trinajstić information content (AvgIpc) is 3.30. The van der Waals surface area contributed by atoms with Crippen LogP contribution in [0.3, 0.4) is 0 Å². The quantitative estimate of drug-likeness (QED) is 0.410. The molecule has 31 heavy (non-hydrogen) atoms. The Balaban J connectivity index is 1.99. The van der Waals surface area contributed by atoms with Crippen molar-refractivity contribution in [2.24, 2.45) is 7.05 Å². The molecule has 0 fully saturated rings. The van der Waals surface area contributed by atoms with Gasteiger partial charge in [-0.05, 0) is 34.1 Å². The van der Waals surface area contributed by atoms with Gasteiger partial charge in [-0.2, -0.15) is 13.2 Å². The summed E-state index contributed by atoms with van der Waals surface area (Å²) in [5.41, 5.74) is -0.873. The zero-order valence-electron chi connectivity index (χ0n) is 16.0. The van der Waals surface area contributed by atoms with E-state index in [1.165, 1.54) is 41.7 Å². The van der Waals surface area contributed by atoms with Crippen LogP contribution in [0.4, 0.5) is 13.2 Å². The molecule has 0 radical (unpaired) electrons. The van der Waals surface area contributed by atoms with Gasteiger partial charge in [0.05, 0.1) is 16.2 Å². The van der Waals surface area contributed by atoms with Gasteiger partial charge in [-0.1, -0.05) is 6.92 Å². The minimum atomic E-state index is -4.59. The van der Waals surface area contributed by atoms with Crippen LogP contribution in [-0.2, 0) is 23.1 Å². The molecule has 0 amide bonds. The lowest BCUT2D eigenvalue weighted by molar-refractivity contribution is -0.137. The molecular formula is C17H13BrF3N7O2S. The summed E-state index contributed by atoms with van der Waals surface area (Å²) >= 11 is 3.12. The lowest BCUT2D eigenvalue weighted by Crippen LogP contribution is -2.11. The van der Waals surface area contributed by atoms with Gasteiger partial charge in [-0.15, -0.1) is 5.10 Å². The Kier molecular flexibility index (Phi) is 5.08. The van der Waals surface area contributed by atoms with Gasteiger partial charge in [-0.3, -0.25) is 0 Å². The van der Waals surface area contributed by atoms with Crippen LogP contribution in [-0.4, -0.2) is 48.5 Å². The minimum Gasteiger partial charge on any atom is -0.310 e. The number of pyridine rings is 2. The van der Waals surface area contributed by atoms with E-state index in [0.717, 1.165) is 6.07 Å². The van der Waals surface area contributed by atoms with Crippen molar-refractivity contribution in [3.63, 3.8) is 0 Å². The third-order valence-electron chi connectivity index (χ3n) is 4.51. The first-order chi connectivity index (χ1) is 14.5. The Morgan fingerprint density at radius 2 is 1.90 bits per heavy atom. The molecule has 0 N–H and O–H groups in total. The van der Waals surface area contributed by atoms with Crippen molar-refractivity contribution in [3.05, 3.63) is 41.0 Å². The normalized spacial score (nSPS) is 12.6. The van der Waals surface area contributed by atoms with Crippen molar-refractivity contribution in [1.82, 2.24) is 34.3 Å². The predicted molar refractivity (Wildman–Crippen MR) is 107 cm³/mol. The lowest BCUT2D eigenvalue weighted by atomic mass is 10.2. The van der Waals surface area contributed by atoms with Crippen LogP contribution in [0.1, 0.15) is 12.5 Å². The summed E-state index contributed by atoms with van der Waals surface area (Å²) in [6.07, 6.45) is -2.52. The zero-order chi connectivity index (χ0) is 22.6. The number of rotatable bonds is 4. The van der Waals surface area contributed by atoms with Gasteiger partial charge < -0.3 is 4.57 Å². The van der Waals surface area contributed by atoms with Crippen LogP contribution >= 0.6 is 15.9 Å². The fourth-order valence-corrected chi connectivity index (χ4v) is 4.21. The molecule has 4 aromatic heterocycles. The highest BCUT2D eigenvalue weighted by Crippen LogP contribution is 2.33. The Labute approximate surface area is 182 Å². The van der Waals surface area contributed by atoms with E-state index >= 15 is 0 Å². The van der Waals surface area contributed by atoms with Crippen LogP contribution < -0.4 is 0 Å². The molecular weight excluding hydrogens is 503 g/mol. The molecule has 9 nitrogen and oxygen atoms in total. The lowest BCUT2D eigenvalue weighted by Gasteiger charge is -2.10. The molecule has 14 heteroatoms. The van der Waals surface area contributed by atoms with E-state index in [0.29, 0.717) is 10.9 Å². The molecule has 0 aromatic carbocycles. The molecule has 0 bridgehead atoms. The number of imidazole rings is 1. The second kappa shape index (κ2) is 7.37. The molecule has 0 unspecified atom stereocenters. The Morgan fingerprint density at radius 3 is 2.52 bits per heavy atom. The number of sulfone groups is 1. The topological polar surface area (TPSA) is 108 Å². The van der Waals surface area contributed by atoms with Crippen molar-refractivity contribution in [1.29, 1.82) is 0 Å². The molecule has 4 rings (SSSR count). The maximum absolute atomic E-state index is 13.1. The van der Waals surface area contributed by atoms with Crippen molar-refractivity contribution < 1.29 is 21.6 Å². The molecule has 0 spiro atoms. The Morgan fingerprint density at radius 1 is 1.16 bits per heavy atom. The fourth-order valence-electron chi connectivity index (χ4n) is 2.93. The van der Waals surface area contributed by atoms with E-state index in [1.54, 1.807) is 0 Å². The van der Waals surface area contributed by atoms with Gasteiger partial charge >= 0.3 is 6.18 Å².